The van der Waals surface area contributed by atoms with Crippen LogP contribution >= 0.6 is 11.6 Å². The number of carbonyl (C=O) groups excluding carboxylic acids is 2. The van der Waals surface area contributed by atoms with E-state index >= 15 is 0 Å². The van der Waals surface area contributed by atoms with E-state index in [1.807, 2.05) is 0 Å². The van der Waals surface area contributed by atoms with Crippen LogP contribution in [0, 0.1) is 0 Å². The van der Waals surface area contributed by atoms with Crippen molar-refractivity contribution in [2.75, 3.05) is 64.5 Å². The van der Waals surface area contributed by atoms with Gasteiger partial charge in [0.2, 0.25) is 5.91 Å². The minimum atomic E-state index is -0.794. The van der Waals surface area contributed by atoms with E-state index in [4.69, 9.17) is 25.8 Å². The third kappa shape index (κ3) is 8.03. The number of aliphatic hydroxyl groups excluding tert-OH is 1. The van der Waals surface area contributed by atoms with Crippen LogP contribution in [0.25, 0.3) is 0 Å². The van der Waals surface area contributed by atoms with E-state index in [2.05, 4.69) is 15.5 Å². The first-order valence-corrected chi connectivity index (χ1v) is 13.2. The Bertz CT molecular complexity index is 871. The summed E-state index contributed by atoms with van der Waals surface area (Å²) in [6.07, 6.45) is 1.05. The minimum Gasteiger partial charge on any atom is -0.389 e. The molecule has 1 aromatic carbocycles. The zero-order chi connectivity index (χ0) is 25.3. The van der Waals surface area contributed by atoms with E-state index in [0.717, 1.165) is 39.3 Å². The molecule has 0 bridgehead atoms. The van der Waals surface area contributed by atoms with Gasteiger partial charge in [0, 0.05) is 30.3 Å². The van der Waals surface area contributed by atoms with Crippen LogP contribution in [0.15, 0.2) is 24.3 Å². The van der Waals surface area contributed by atoms with Crippen LogP contribution in [0.1, 0.15) is 25.7 Å². The van der Waals surface area contributed by atoms with E-state index in [0.29, 0.717) is 30.1 Å². The number of carbonyl (C=O) groups is 2. The number of rotatable bonds is 7. The number of aliphatic hydroxyl groups is 1. The third-order valence-corrected chi connectivity index (χ3v) is 7.04. The average Bonchev–Trinajstić information content (AvgIpc) is 2.85. The van der Waals surface area contributed by atoms with E-state index < -0.39 is 6.10 Å². The van der Waals surface area contributed by atoms with Gasteiger partial charge < -0.3 is 34.9 Å². The van der Waals surface area contributed by atoms with Crippen molar-refractivity contribution in [2.24, 2.45) is 0 Å². The minimum absolute atomic E-state index is 0.0295. The highest BCUT2D eigenvalue weighted by Crippen LogP contribution is 2.28. The number of benzene rings is 1. The van der Waals surface area contributed by atoms with E-state index in [9.17, 15) is 14.7 Å². The summed E-state index contributed by atoms with van der Waals surface area (Å²) in [4.78, 5) is 29.6. The van der Waals surface area contributed by atoms with E-state index in [-0.39, 0.29) is 56.4 Å². The molecule has 4 atom stereocenters. The molecule has 3 aliphatic rings. The number of urea groups is 1. The van der Waals surface area contributed by atoms with Crippen LogP contribution < -0.4 is 10.6 Å². The quantitative estimate of drug-likeness (QED) is 0.465. The maximum absolute atomic E-state index is 13.2. The molecule has 36 heavy (non-hydrogen) atoms. The van der Waals surface area contributed by atoms with Crippen molar-refractivity contribution in [2.45, 2.75) is 50.0 Å². The molecule has 0 spiro atoms. The topological polar surface area (TPSA) is 113 Å². The number of morpholine rings is 1. The molecular formula is C25H37ClN4O6. The monoisotopic (exact) mass is 524 g/mol. The molecule has 10 nitrogen and oxygen atoms in total. The fraction of sp³-hybridized carbons (Fsp3) is 0.680. The summed E-state index contributed by atoms with van der Waals surface area (Å²) in [7, 11) is 0. The molecule has 0 radical (unpaired) electrons. The van der Waals surface area contributed by atoms with E-state index in [1.54, 1.807) is 29.2 Å². The van der Waals surface area contributed by atoms with Crippen LogP contribution in [0.4, 0.5) is 10.5 Å². The van der Waals surface area contributed by atoms with Crippen LogP contribution in [0.5, 0.6) is 0 Å². The van der Waals surface area contributed by atoms with Crippen molar-refractivity contribution in [1.82, 2.24) is 15.1 Å². The number of nitrogens with one attached hydrogen (secondary N) is 2. The Morgan fingerprint density at radius 3 is 2.78 bits per heavy atom. The average molecular weight is 525 g/mol. The highest BCUT2D eigenvalue weighted by Gasteiger charge is 2.40. The van der Waals surface area contributed by atoms with Crippen molar-refractivity contribution < 1.29 is 28.9 Å². The molecule has 1 aromatic rings. The lowest BCUT2D eigenvalue weighted by Gasteiger charge is -2.44. The van der Waals surface area contributed by atoms with Crippen molar-refractivity contribution in [3.05, 3.63) is 29.3 Å². The lowest BCUT2D eigenvalue weighted by atomic mass is 9.95. The maximum Gasteiger partial charge on any atom is 0.322 e. The van der Waals surface area contributed by atoms with Crippen LogP contribution in [-0.4, -0.2) is 110 Å². The molecule has 0 saturated carbocycles. The number of ether oxygens (including phenoxy) is 3. The molecule has 3 saturated heterocycles. The molecule has 4 rings (SSSR count). The second-order valence-corrected chi connectivity index (χ2v) is 10.0. The maximum atomic E-state index is 13.2. The third-order valence-electron chi connectivity index (χ3n) is 6.81. The molecule has 200 valence electrons. The number of amides is 3. The van der Waals surface area contributed by atoms with Crippen molar-refractivity contribution in [3.8, 4) is 0 Å². The highest BCUT2D eigenvalue weighted by atomic mass is 35.5. The molecule has 0 unspecified atom stereocenters. The lowest BCUT2D eigenvalue weighted by molar-refractivity contribution is -0.149. The molecule has 11 heteroatoms. The van der Waals surface area contributed by atoms with Gasteiger partial charge in [-0.05, 0) is 44.0 Å². The SMILES string of the molecule is O=C(C[C@@H]1CC[C@H]2[C@@H](COC[C@@H](O)CN2C(=O)Nc2cccc(Cl)c2)O1)NCCCN1CCOCC1. The molecule has 3 fully saturated rings. The molecule has 3 N–H and O–H groups in total. The first-order valence-electron chi connectivity index (χ1n) is 12.8. The summed E-state index contributed by atoms with van der Waals surface area (Å²) in [5.74, 6) is -0.0295. The zero-order valence-electron chi connectivity index (χ0n) is 20.6. The summed E-state index contributed by atoms with van der Waals surface area (Å²) >= 11 is 6.05. The normalized spacial score (nSPS) is 27.4. The number of β-amino-alcohol motifs (C(OH)–C–C–N with tert-alkyl or cyclic N) is 1. The predicted octanol–water partition coefficient (Wildman–Crippen LogP) is 1.71. The first-order chi connectivity index (χ1) is 17.5. The zero-order valence-corrected chi connectivity index (χ0v) is 21.3. The number of nitrogens with zero attached hydrogens (tertiary/aromatic N) is 2. The molecule has 3 heterocycles. The van der Waals surface area contributed by atoms with Gasteiger partial charge in [0.1, 0.15) is 6.10 Å². The summed E-state index contributed by atoms with van der Waals surface area (Å²) in [5, 5.41) is 16.7. The predicted molar refractivity (Wildman–Crippen MR) is 135 cm³/mol. The summed E-state index contributed by atoms with van der Waals surface area (Å²) < 4.78 is 17.3. The van der Waals surface area contributed by atoms with Gasteiger partial charge in [0.25, 0.3) is 0 Å². The highest BCUT2D eigenvalue weighted by molar-refractivity contribution is 6.30. The fourth-order valence-corrected chi connectivity index (χ4v) is 5.16. The van der Waals surface area contributed by atoms with Crippen molar-refractivity contribution in [3.63, 3.8) is 0 Å². The molecule has 3 amide bonds. The Kier molecular flexibility index (Phi) is 10.2. The lowest BCUT2D eigenvalue weighted by Crippen LogP contribution is -2.58. The largest absolute Gasteiger partial charge is 0.389 e. The van der Waals surface area contributed by atoms with Gasteiger partial charge in [-0.25, -0.2) is 4.79 Å². The van der Waals surface area contributed by atoms with Crippen LogP contribution in [0.2, 0.25) is 5.02 Å². The number of anilines is 1. The van der Waals surface area contributed by atoms with Crippen molar-refractivity contribution in [1.29, 1.82) is 0 Å². The second-order valence-electron chi connectivity index (χ2n) is 9.59. The number of hydrogen-bond acceptors (Lipinski definition) is 7. The van der Waals surface area contributed by atoms with Gasteiger partial charge >= 0.3 is 6.03 Å². The molecule has 0 aromatic heterocycles. The summed E-state index contributed by atoms with van der Waals surface area (Å²) in [5.41, 5.74) is 0.580. The first kappa shape index (κ1) is 27.1. The Morgan fingerprint density at radius 1 is 1.14 bits per heavy atom. The standard InChI is InChI=1S/C25H37ClN4O6/c26-18-3-1-4-19(13-18)28-25(33)30-15-20(31)16-35-17-23-22(30)6-5-21(36-23)14-24(32)27-7-2-8-29-9-11-34-12-10-29/h1,3-4,13,20-23,31H,2,5-12,14-17H2,(H,27,32)(H,28,33)/t20-,21-,22-,23+/m0/s1. The molecular weight excluding hydrogens is 488 g/mol. The number of hydrogen-bond donors (Lipinski definition) is 3. The molecule has 3 aliphatic heterocycles. The van der Waals surface area contributed by atoms with Crippen LogP contribution in [0.3, 0.4) is 0 Å². The van der Waals surface area contributed by atoms with Crippen molar-refractivity contribution >= 4 is 29.2 Å². The van der Waals surface area contributed by atoms with Gasteiger partial charge in [-0.2, -0.15) is 0 Å². The molecule has 0 aliphatic carbocycles. The summed E-state index contributed by atoms with van der Waals surface area (Å²) in [6.45, 7) is 5.51. The van der Waals surface area contributed by atoms with Crippen LogP contribution in [-0.2, 0) is 19.0 Å². The Labute approximate surface area is 217 Å². The van der Waals surface area contributed by atoms with Gasteiger partial charge in [-0.15, -0.1) is 0 Å². The Balaban J connectivity index is 1.27. The number of halogens is 1. The Morgan fingerprint density at radius 2 is 1.97 bits per heavy atom. The second kappa shape index (κ2) is 13.6. The van der Waals surface area contributed by atoms with Gasteiger partial charge in [-0.1, -0.05) is 17.7 Å². The Hall–Kier alpha value is -1.95. The number of fused-ring (bicyclic) bond motifs is 1. The van der Waals surface area contributed by atoms with Gasteiger partial charge in [-0.3, -0.25) is 9.69 Å². The van der Waals surface area contributed by atoms with Gasteiger partial charge in [0.05, 0.1) is 57.6 Å². The smallest absolute Gasteiger partial charge is 0.322 e. The summed E-state index contributed by atoms with van der Waals surface area (Å²) in [6, 6.07) is 6.34. The fourth-order valence-electron chi connectivity index (χ4n) is 4.97. The van der Waals surface area contributed by atoms with E-state index in [1.165, 1.54) is 0 Å². The van der Waals surface area contributed by atoms with Gasteiger partial charge in [0.15, 0.2) is 0 Å².